The van der Waals surface area contributed by atoms with Crippen LogP contribution in [0.4, 0.5) is 0 Å². The SMILES string of the molecule is COc1cc(OC)cc(OCc2cccc(B(O)O)c2)c1. The van der Waals surface area contributed by atoms with Crippen LogP contribution >= 0.6 is 0 Å². The summed E-state index contributed by atoms with van der Waals surface area (Å²) in [7, 11) is 1.66. The van der Waals surface area contributed by atoms with E-state index in [0.29, 0.717) is 29.3 Å². The van der Waals surface area contributed by atoms with Crippen molar-refractivity contribution in [3.8, 4) is 17.2 Å². The second-order valence-electron chi connectivity index (χ2n) is 4.46. The Morgan fingerprint density at radius 2 is 1.52 bits per heavy atom. The van der Waals surface area contributed by atoms with Crippen molar-refractivity contribution in [3.05, 3.63) is 48.0 Å². The predicted octanol–water partition coefficient (Wildman–Crippen LogP) is 0.963. The molecule has 21 heavy (non-hydrogen) atoms. The largest absolute Gasteiger partial charge is 0.496 e. The standard InChI is InChI=1S/C15H17BO5/c1-19-13-7-14(20-2)9-15(8-13)21-10-11-4-3-5-12(6-11)16(17)18/h3-9,17-18H,10H2,1-2H3. The van der Waals surface area contributed by atoms with E-state index in [-0.39, 0.29) is 0 Å². The lowest BCUT2D eigenvalue weighted by Gasteiger charge is -2.11. The Hall–Kier alpha value is -2.18. The molecule has 0 aliphatic carbocycles. The molecule has 0 aromatic heterocycles. The van der Waals surface area contributed by atoms with Gasteiger partial charge in [0.2, 0.25) is 0 Å². The van der Waals surface area contributed by atoms with Gasteiger partial charge in [-0.05, 0) is 11.0 Å². The fourth-order valence-corrected chi connectivity index (χ4v) is 1.87. The van der Waals surface area contributed by atoms with Crippen LogP contribution in [0.1, 0.15) is 5.56 Å². The van der Waals surface area contributed by atoms with Crippen LogP contribution < -0.4 is 19.7 Å². The molecule has 2 N–H and O–H groups in total. The highest BCUT2D eigenvalue weighted by Gasteiger charge is 2.11. The summed E-state index contributed by atoms with van der Waals surface area (Å²) >= 11 is 0. The van der Waals surface area contributed by atoms with Gasteiger partial charge >= 0.3 is 7.12 Å². The molecule has 6 heteroatoms. The maximum atomic E-state index is 9.15. The summed E-state index contributed by atoms with van der Waals surface area (Å²) in [5.41, 5.74) is 1.27. The number of methoxy groups -OCH3 is 2. The van der Waals surface area contributed by atoms with Crippen LogP contribution in [0.2, 0.25) is 0 Å². The third-order valence-electron chi connectivity index (χ3n) is 2.98. The van der Waals surface area contributed by atoms with Gasteiger partial charge in [0.25, 0.3) is 0 Å². The zero-order chi connectivity index (χ0) is 15.2. The minimum atomic E-state index is -1.48. The minimum absolute atomic E-state index is 0.302. The second kappa shape index (κ2) is 7.01. The molecule has 0 fully saturated rings. The summed E-state index contributed by atoms with van der Waals surface area (Å²) in [6.07, 6.45) is 0. The lowest BCUT2D eigenvalue weighted by atomic mass is 9.80. The topological polar surface area (TPSA) is 68.2 Å². The maximum absolute atomic E-state index is 9.15. The molecule has 0 radical (unpaired) electrons. The van der Waals surface area contributed by atoms with Crippen molar-refractivity contribution in [1.29, 1.82) is 0 Å². The van der Waals surface area contributed by atoms with Gasteiger partial charge < -0.3 is 24.3 Å². The Morgan fingerprint density at radius 3 is 2.10 bits per heavy atom. The molecule has 0 heterocycles. The van der Waals surface area contributed by atoms with E-state index in [1.165, 1.54) is 0 Å². The average molecular weight is 288 g/mol. The summed E-state index contributed by atoms with van der Waals surface area (Å²) in [6.45, 7) is 0.302. The van der Waals surface area contributed by atoms with Gasteiger partial charge in [0.1, 0.15) is 23.9 Å². The van der Waals surface area contributed by atoms with Gasteiger partial charge in [0.15, 0.2) is 0 Å². The third-order valence-corrected chi connectivity index (χ3v) is 2.98. The lowest BCUT2D eigenvalue weighted by molar-refractivity contribution is 0.300. The highest BCUT2D eigenvalue weighted by atomic mass is 16.5. The Labute approximate surface area is 123 Å². The van der Waals surface area contributed by atoms with Crippen LogP contribution in [0.5, 0.6) is 17.2 Å². The third kappa shape index (κ3) is 4.14. The molecule has 2 aromatic rings. The van der Waals surface area contributed by atoms with Crippen LogP contribution in [0.15, 0.2) is 42.5 Å². The molecule has 0 saturated heterocycles. The Bertz CT molecular complexity index is 578. The number of rotatable bonds is 6. The smallest absolute Gasteiger partial charge is 0.488 e. The van der Waals surface area contributed by atoms with E-state index in [9.17, 15) is 0 Å². The average Bonchev–Trinajstić information content (AvgIpc) is 2.52. The first-order valence-electron chi connectivity index (χ1n) is 6.43. The lowest BCUT2D eigenvalue weighted by Crippen LogP contribution is -2.29. The molecule has 0 bridgehead atoms. The Kier molecular flexibility index (Phi) is 5.08. The summed E-state index contributed by atoms with van der Waals surface area (Å²) in [6, 6.07) is 12.2. The molecule has 0 spiro atoms. The van der Waals surface area contributed by atoms with Gasteiger partial charge in [-0.2, -0.15) is 0 Å². The quantitative estimate of drug-likeness (QED) is 0.775. The molecule has 0 aliphatic rings. The van der Waals surface area contributed by atoms with E-state index in [0.717, 1.165) is 5.56 Å². The predicted molar refractivity (Wildman–Crippen MR) is 80.1 cm³/mol. The van der Waals surface area contributed by atoms with Gasteiger partial charge in [0.05, 0.1) is 14.2 Å². The maximum Gasteiger partial charge on any atom is 0.488 e. The molecule has 5 nitrogen and oxygen atoms in total. The van der Waals surface area contributed by atoms with Gasteiger partial charge in [-0.3, -0.25) is 0 Å². The van der Waals surface area contributed by atoms with Crippen molar-refractivity contribution in [2.75, 3.05) is 14.2 Å². The van der Waals surface area contributed by atoms with Crippen LogP contribution in [-0.2, 0) is 6.61 Å². The van der Waals surface area contributed by atoms with E-state index in [2.05, 4.69) is 0 Å². The van der Waals surface area contributed by atoms with E-state index in [1.807, 2.05) is 6.07 Å². The first kappa shape index (κ1) is 15.2. The van der Waals surface area contributed by atoms with Gasteiger partial charge in [-0.1, -0.05) is 24.3 Å². The zero-order valence-corrected chi connectivity index (χ0v) is 11.9. The van der Waals surface area contributed by atoms with Crippen molar-refractivity contribution < 1.29 is 24.3 Å². The van der Waals surface area contributed by atoms with E-state index < -0.39 is 7.12 Å². The van der Waals surface area contributed by atoms with Crippen LogP contribution in [0, 0.1) is 0 Å². The highest BCUT2D eigenvalue weighted by molar-refractivity contribution is 6.58. The summed E-state index contributed by atoms with van der Waals surface area (Å²) < 4.78 is 16.0. The van der Waals surface area contributed by atoms with Crippen LogP contribution in [-0.4, -0.2) is 31.4 Å². The van der Waals surface area contributed by atoms with Crippen molar-refractivity contribution in [1.82, 2.24) is 0 Å². The first-order valence-corrected chi connectivity index (χ1v) is 6.43. The molecular formula is C15H17BO5. The van der Waals surface area contributed by atoms with Crippen molar-refractivity contribution in [2.24, 2.45) is 0 Å². The summed E-state index contributed by atoms with van der Waals surface area (Å²) in [5, 5.41) is 18.3. The fourth-order valence-electron chi connectivity index (χ4n) is 1.87. The fraction of sp³-hybridized carbons (Fsp3) is 0.200. The molecule has 0 unspecified atom stereocenters. The minimum Gasteiger partial charge on any atom is -0.496 e. The summed E-state index contributed by atoms with van der Waals surface area (Å²) in [5.74, 6) is 1.90. The molecule has 110 valence electrons. The van der Waals surface area contributed by atoms with E-state index in [1.54, 1.807) is 50.6 Å². The number of ether oxygens (including phenoxy) is 3. The Morgan fingerprint density at radius 1 is 0.905 bits per heavy atom. The monoisotopic (exact) mass is 288 g/mol. The van der Waals surface area contributed by atoms with E-state index >= 15 is 0 Å². The van der Waals surface area contributed by atoms with E-state index in [4.69, 9.17) is 24.3 Å². The van der Waals surface area contributed by atoms with Crippen molar-refractivity contribution in [2.45, 2.75) is 6.61 Å². The molecule has 2 aromatic carbocycles. The number of hydrogen-bond donors (Lipinski definition) is 2. The Balaban J connectivity index is 2.10. The first-order chi connectivity index (χ1) is 10.1. The molecule has 0 amide bonds. The molecule has 0 saturated carbocycles. The van der Waals surface area contributed by atoms with Crippen molar-refractivity contribution >= 4 is 12.6 Å². The van der Waals surface area contributed by atoms with Crippen LogP contribution in [0.3, 0.4) is 0 Å². The van der Waals surface area contributed by atoms with Crippen LogP contribution in [0.25, 0.3) is 0 Å². The molecular weight excluding hydrogens is 271 g/mol. The van der Waals surface area contributed by atoms with Crippen molar-refractivity contribution in [3.63, 3.8) is 0 Å². The van der Waals surface area contributed by atoms with Gasteiger partial charge in [-0.15, -0.1) is 0 Å². The van der Waals surface area contributed by atoms with Gasteiger partial charge in [0, 0.05) is 18.2 Å². The normalized spacial score (nSPS) is 10.1. The zero-order valence-electron chi connectivity index (χ0n) is 11.9. The number of benzene rings is 2. The summed E-state index contributed by atoms with van der Waals surface area (Å²) in [4.78, 5) is 0. The molecule has 0 aliphatic heterocycles. The molecule has 0 atom stereocenters. The highest BCUT2D eigenvalue weighted by Crippen LogP contribution is 2.27. The second-order valence-corrected chi connectivity index (χ2v) is 4.46. The molecule has 2 rings (SSSR count). The number of hydrogen-bond acceptors (Lipinski definition) is 5. The van der Waals surface area contributed by atoms with Gasteiger partial charge in [-0.25, -0.2) is 0 Å².